The molecule has 3 aromatic carbocycles. The Kier molecular flexibility index (Phi) is 6.80. The van der Waals surface area contributed by atoms with Crippen LogP contribution in [0, 0.1) is 13.8 Å². The first kappa shape index (κ1) is 23.5. The second-order valence-electron chi connectivity index (χ2n) is 9.66. The quantitative estimate of drug-likeness (QED) is 0.475. The Morgan fingerprint density at radius 2 is 1.29 bits per heavy atom. The maximum atomic E-state index is 12.7. The molecule has 2 aliphatic rings. The van der Waals surface area contributed by atoms with E-state index in [2.05, 4.69) is 70.5 Å². The molecule has 0 spiro atoms. The molecule has 5 nitrogen and oxygen atoms in total. The topological polar surface area (TPSA) is 43.9 Å². The molecule has 3 aromatic rings. The number of amides is 1. The zero-order chi connectivity index (χ0) is 24.4. The molecule has 1 saturated heterocycles. The van der Waals surface area contributed by atoms with Gasteiger partial charge in [0, 0.05) is 32.7 Å². The van der Waals surface area contributed by atoms with Crippen molar-refractivity contribution in [3.63, 3.8) is 0 Å². The van der Waals surface area contributed by atoms with Crippen LogP contribution in [0.2, 0.25) is 0 Å². The molecule has 0 saturated carbocycles. The normalized spacial score (nSPS) is 16.8. The predicted molar refractivity (Wildman–Crippen MR) is 140 cm³/mol. The van der Waals surface area contributed by atoms with E-state index in [1.807, 2.05) is 26.0 Å². The SMILES string of the molecule is Cc1ccc(C)c2c1C(=O)C(=O)N2CCCN1CCN(C(c2ccccc2)c2ccccc2)CC1. The van der Waals surface area contributed by atoms with Crippen LogP contribution in [-0.4, -0.2) is 60.8 Å². The second kappa shape index (κ2) is 10.1. The Hall–Kier alpha value is -3.28. The first-order chi connectivity index (χ1) is 17.0. The minimum atomic E-state index is -0.379. The van der Waals surface area contributed by atoms with Crippen molar-refractivity contribution in [1.29, 1.82) is 0 Å². The van der Waals surface area contributed by atoms with Gasteiger partial charge in [0.1, 0.15) is 0 Å². The van der Waals surface area contributed by atoms with Crippen LogP contribution in [-0.2, 0) is 4.79 Å². The fourth-order valence-electron chi connectivity index (χ4n) is 5.56. The van der Waals surface area contributed by atoms with Crippen molar-refractivity contribution in [2.75, 3.05) is 44.2 Å². The molecule has 35 heavy (non-hydrogen) atoms. The molecule has 2 aliphatic heterocycles. The average molecular weight is 468 g/mol. The molecule has 5 rings (SSSR count). The highest BCUT2D eigenvalue weighted by molar-refractivity contribution is 6.52. The molecule has 0 unspecified atom stereocenters. The summed E-state index contributed by atoms with van der Waals surface area (Å²) in [5.41, 5.74) is 5.94. The van der Waals surface area contributed by atoms with Gasteiger partial charge >= 0.3 is 0 Å². The van der Waals surface area contributed by atoms with Gasteiger partial charge in [-0.3, -0.25) is 14.5 Å². The molecule has 1 fully saturated rings. The number of fused-ring (bicyclic) bond motifs is 1. The number of hydrogen-bond acceptors (Lipinski definition) is 4. The molecule has 0 aliphatic carbocycles. The van der Waals surface area contributed by atoms with E-state index in [9.17, 15) is 9.59 Å². The standard InChI is InChI=1S/C30H33N3O2/c1-22-14-15-23(2)27-26(22)29(34)30(35)33(27)17-9-16-31-18-20-32(21-19-31)28(24-10-5-3-6-11-24)25-12-7-4-8-13-25/h3-8,10-15,28H,9,16-21H2,1-2H3. The van der Waals surface area contributed by atoms with Crippen molar-refractivity contribution in [2.45, 2.75) is 26.3 Å². The second-order valence-corrected chi connectivity index (χ2v) is 9.66. The van der Waals surface area contributed by atoms with Gasteiger partial charge in [0.25, 0.3) is 11.7 Å². The Morgan fingerprint density at radius 3 is 1.89 bits per heavy atom. The highest BCUT2D eigenvalue weighted by Crippen LogP contribution is 2.35. The summed E-state index contributed by atoms with van der Waals surface area (Å²) >= 11 is 0. The minimum Gasteiger partial charge on any atom is -0.304 e. The Labute approximate surface area is 208 Å². The molecule has 0 aromatic heterocycles. The number of rotatable bonds is 7. The fourth-order valence-corrected chi connectivity index (χ4v) is 5.56. The highest BCUT2D eigenvalue weighted by atomic mass is 16.2. The summed E-state index contributed by atoms with van der Waals surface area (Å²) in [6.45, 7) is 9.38. The number of hydrogen-bond donors (Lipinski definition) is 0. The molecule has 180 valence electrons. The maximum absolute atomic E-state index is 12.7. The lowest BCUT2D eigenvalue weighted by molar-refractivity contribution is -0.114. The number of ketones is 1. The largest absolute Gasteiger partial charge is 0.304 e. The van der Waals surface area contributed by atoms with Crippen molar-refractivity contribution < 1.29 is 9.59 Å². The molecule has 0 N–H and O–H groups in total. The van der Waals surface area contributed by atoms with Gasteiger partial charge in [0.05, 0.1) is 17.3 Å². The van der Waals surface area contributed by atoms with Gasteiger partial charge in [-0.15, -0.1) is 0 Å². The fraction of sp³-hybridized carbons (Fsp3) is 0.333. The minimum absolute atomic E-state index is 0.260. The number of benzene rings is 3. The van der Waals surface area contributed by atoms with Crippen LogP contribution in [0.5, 0.6) is 0 Å². The Morgan fingerprint density at radius 1 is 0.714 bits per heavy atom. The van der Waals surface area contributed by atoms with Gasteiger partial charge in [-0.05, 0) is 49.1 Å². The van der Waals surface area contributed by atoms with Gasteiger partial charge in [0.2, 0.25) is 0 Å². The average Bonchev–Trinajstić information content (AvgIpc) is 3.15. The monoisotopic (exact) mass is 467 g/mol. The van der Waals surface area contributed by atoms with Crippen LogP contribution < -0.4 is 4.90 Å². The van der Waals surface area contributed by atoms with E-state index in [-0.39, 0.29) is 17.7 Å². The van der Waals surface area contributed by atoms with Gasteiger partial charge < -0.3 is 9.80 Å². The van der Waals surface area contributed by atoms with Crippen molar-refractivity contribution >= 4 is 17.4 Å². The van der Waals surface area contributed by atoms with Crippen LogP contribution in [0.15, 0.2) is 72.8 Å². The highest BCUT2D eigenvalue weighted by Gasteiger charge is 2.37. The number of anilines is 1. The smallest absolute Gasteiger partial charge is 0.299 e. The van der Waals surface area contributed by atoms with E-state index in [1.54, 1.807) is 4.90 Å². The van der Waals surface area contributed by atoms with E-state index in [4.69, 9.17) is 0 Å². The van der Waals surface area contributed by atoms with Gasteiger partial charge in [0.15, 0.2) is 0 Å². The van der Waals surface area contributed by atoms with E-state index in [0.717, 1.165) is 56.0 Å². The number of carbonyl (C=O) groups excluding carboxylic acids is 2. The van der Waals surface area contributed by atoms with Crippen LogP contribution in [0.4, 0.5) is 5.69 Å². The van der Waals surface area contributed by atoms with E-state index in [0.29, 0.717) is 12.1 Å². The predicted octanol–water partition coefficient (Wildman–Crippen LogP) is 4.63. The van der Waals surface area contributed by atoms with Gasteiger partial charge in [-0.25, -0.2) is 0 Å². The molecular formula is C30H33N3O2. The molecular weight excluding hydrogens is 434 g/mol. The third kappa shape index (κ3) is 4.66. The number of carbonyl (C=O) groups is 2. The zero-order valence-electron chi connectivity index (χ0n) is 20.6. The lowest BCUT2D eigenvalue weighted by atomic mass is 9.96. The van der Waals surface area contributed by atoms with E-state index >= 15 is 0 Å². The third-order valence-corrected chi connectivity index (χ3v) is 7.38. The van der Waals surface area contributed by atoms with Crippen molar-refractivity contribution in [2.24, 2.45) is 0 Å². The summed E-state index contributed by atoms with van der Waals surface area (Å²) < 4.78 is 0. The molecule has 5 heteroatoms. The van der Waals surface area contributed by atoms with Crippen LogP contribution in [0.3, 0.4) is 0 Å². The molecule has 0 atom stereocenters. The van der Waals surface area contributed by atoms with Gasteiger partial charge in [-0.1, -0.05) is 72.8 Å². The third-order valence-electron chi connectivity index (χ3n) is 7.38. The maximum Gasteiger partial charge on any atom is 0.299 e. The lowest BCUT2D eigenvalue weighted by Gasteiger charge is -2.40. The number of nitrogens with zero attached hydrogens (tertiary/aromatic N) is 3. The summed E-state index contributed by atoms with van der Waals surface area (Å²) in [5.74, 6) is -0.738. The van der Waals surface area contributed by atoms with Gasteiger partial charge in [-0.2, -0.15) is 0 Å². The van der Waals surface area contributed by atoms with Crippen molar-refractivity contribution in [3.8, 4) is 0 Å². The Bertz CT molecular complexity index is 1160. The van der Waals surface area contributed by atoms with Crippen LogP contribution in [0.25, 0.3) is 0 Å². The van der Waals surface area contributed by atoms with Crippen molar-refractivity contribution in [1.82, 2.24) is 9.80 Å². The number of Topliss-reactive ketones (excluding diaryl/α,β-unsaturated/α-hetero) is 1. The molecule has 0 bridgehead atoms. The lowest BCUT2D eigenvalue weighted by Crippen LogP contribution is -2.48. The summed E-state index contributed by atoms with van der Waals surface area (Å²) in [5, 5.41) is 0. The summed E-state index contributed by atoms with van der Waals surface area (Å²) in [6, 6.07) is 25.7. The molecule has 1 amide bonds. The molecule has 0 radical (unpaired) electrons. The number of piperazine rings is 1. The molecule has 2 heterocycles. The number of aryl methyl sites for hydroxylation is 2. The summed E-state index contributed by atoms with van der Waals surface area (Å²) in [6.07, 6.45) is 0.854. The van der Waals surface area contributed by atoms with E-state index < -0.39 is 0 Å². The van der Waals surface area contributed by atoms with E-state index in [1.165, 1.54) is 11.1 Å². The summed E-state index contributed by atoms with van der Waals surface area (Å²) in [4.78, 5) is 32.0. The van der Waals surface area contributed by atoms with Crippen molar-refractivity contribution in [3.05, 3.63) is 101 Å². The Balaban J connectivity index is 1.20. The summed E-state index contributed by atoms with van der Waals surface area (Å²) in [7, 11) is 0. The van der Waals surface area contributed by atoms with Crippen LogP contribution in [0.1, 0.15) is 45.1 Å². The first-order valence-corrected chi connectivity index (χ1v) is 12.6. The first-order valence-electron chi connectivity index (χ1n) is 12.6. The van der Waals surface area contributed by atoms with Crippen LogP contribution >= 0.6 is 0 Å². The zero-order valence-corrected chi connectivity index (χ0v) is 20.6.